The van der Waals surface area contributed by atoms with E-state index >= 15 is 0 Å². The molecule has 0 aliphatic heterocycles. The van der Waals surface area contributed by atoms with Crippen molar-refractivity contribution in [1.29, 1.82) is 0 Å². The number of ether oxygens (including phenoxy) is 2. The fraction of sp³-hybridized carbons (Fsp3) is 0.471. The number of carbonyl (C=O) groups is 3. The largest absolute Gasteiger partial charge is 0.462 e. The summed E-state index contributed by atoms with van der Waals surface area (Å²) in [6, 6.07) is 6.38. The van der Waals surface area contributed by atoms with Crippen molar-refractivity contribution in [3.63, 3.8) is 0 Å². The Morgan fingerprint density at radius 2 is 1.83 bits per heavy atom. The van der Waals surface area contributed by atoms with Gasteiger partial charge in [0, 0.05) is 5.69 Å². The van der Waals surface area contributed by atoms with Crippen molar-refractivity contribution < 1.29 is 23.9 Å². The molecule has 1 aromatic carbocycles. The standard InChI is InChI=1S/C17H21NO5/c1-2-3-10-22-16(20)13-6-8-14(9-7-13)18-15(19)11-23-17(21)12-4-5-12/h6-9,12H,2-5,10-11H2,1H3,(H,18,19). The van der Waals surface area contributed by atoms with E-state index < -0.39 is 5.91 Å². The number of benzene rings is 1. The number of esters is 2. The predicted molar refractivity (Wildman–Crippen MR) is 83.9 cm³/mol. The molecule has 0 heterocycles. The molecule has 1 aromatic rings. The van der Waals surface area contributed by atoms with Crippen LogP contribution >= 0.6 is 0 Å². The highest BCUT2D eigenvalue weighted by Crippen LogP contribution is 2.29. The van der Waals surface area contributed by atoms with Crippen molar-refractivity contribution in [2.24, 2.45) is 5.92 Å². The Balaban J connectivity index is 1.76. The molecule has 0 aromatic heterocycles. The van der Waals surface area contributed by atoms with E-state index in [1.807, 2.05) is 6.92 Å². The summed E-state index contributed by atoms with van der Waals surface area (Å²) in [5.41, 5.74) is 0.960. The number of hydrogen-bond acceptors (Lipinski definition) is 5. The predicted octanol–water partition coefficient (Wildman–Crippen LogP) is 2.54. The van der Waals surface area contributed by atoms with Crippen LogP contribution in [0.2, 0.25) is 0 Å². The zero-order valence-corrected chi connectivity index (χ0v) is 13.2. The van der Waals surface area contributed by atoms with Crippen LogP contribution in [-0.4, -0.2) is 31.1 Å². The lowest BCUT2D eigenvalue weighted by Crippen LogP contribution is -2.21. The molecule has 6 nitrogen and oxygen atoms in total. The SMILES string of the molecule is CCCCOC(=O)c1ccc(NC(=O)COC(=O)C2CC2)cc1. The van der Waals surface area contributed by atoms with E-state index in [9.17, 15) is 14.4 Å². The van der Waals surface area contributed by atoms with E-state index in [2.05, 4.69) is 5.32 Å². The smallest absolute Gasteiger partial charge is 0.338 e. The van der Waals surface area contributed by atoms with Crippen molar-refractivity contribution >= 4 is 23.5 Å². The molecule has 1 N–H and O–H groups in total. The van der Waals surface area contributed by atoms with E-state index in [4.69, 9.17) is 9.47 Å². The van der Waals surface area contributed by atoms with Gasteiger partial charge in [0.05, 0.1) is 18.1 Å². The Morgan fingerprint density at radius 1 is 1.13 bits per heavy atom. The minimum atomic E-state index is -0.405. The van der Waals surface area contributed by atoms with Gasteiger partial charge in [-0.1, -0.05) is 13.3 Å². The molecule has 124 valence electrons. The van der Waals surface area contributed by atoms with Crippen molar-refractivity contribution in [3.8, 4) is 0 Å². The Labute approximate surface area is 135 Å². The molecule has 0 saturated heterocycles. The molecular weight excluding hydrogens is 298 g/mol. The number of nitrogens with one attached hydrogen (secondary N) is 1. The van der Waals surface area contributed by atoms with E-state index in [-0.39, 0.29) is 24.5 Å². The van der Waals surface area contributed by atoms with Gasteiger partial charge in [-0.05, 0) is 43.5 Å². The minimum absolute atomic E-state index is 0.0270. The van der Waals surface area contributed by atoms with Crippen LogP contribution in [-0.2, 0) is 19.1 Å². The summed E-state index contributed by atoms with van der Waals surface area (Å²) in [6.07, 6.45) is 3.48. The monoisotopic (exact) mass is 319 g/mol. The van der Waals surface area contributed by atoms with Gasteiger partial charge in [0.15, 0.2) is 6.61 Å². The van der Waals surface area contributed by atoms with Gasteiger partial charge < -0.3 is 14.8 Å². The molecule has 6 heteroatoms. The topological polar surface area (TPSA) is 81.7 Å². The molecule has 23 heavy (non-hydrogen) atoms. The van der Waals surface area contributed by atoms with Gasteiger partial charge in [0.25, 0.3) is 5.91 Å². The number of unbranched alkanes of at least 4 members (excludes halogenated alkanes) is 1. The van der Waals surface area contributed by atoms with Crippen LogP contribution in [0.1, 0.15) is 43.0 Å². The zero-order valence-electron chi connectivity index (χ0n) is 13.2. The van der Waals surface area contributed by atoms with Crippen molar-refractivity contribution in [1.82, 2.24) is 0 Å². The van der Waals surface area contributed by atoms with Gasteiger partial charge in [-0.2, -0.15) is 0 Å². The summed E-state index contributed by atoms with van der Waals surface area (Å²) in [5.74, 6) is -1.13. The second-order valence-corrected chi connectivity index (χ2v) is 5.50. The molecule has 0 radical (unpaired) electrons. The van der Waals surface area contributed by atoms with Crippen LogP contribution in [0.4, 0.5) is 5.69 Å². The second kappa shape index (κ2) is 8.31. The van der Waals surface area contributed by atoms with E-state index in [1.165, 1.54) is 0 Å². The second-order valence-electron chi connectivity index (χ2n) is 5.50. The lowest BCUT2D eigenvalue weighted by molar-refractivity contribution is -0.148. The van der Waals surface area contributed by atoms with Crippen LogP contribution in [0.5, 0.6) is 0 Å². The summed E-state index contributed by atoms with van der Waals surface area (Å²) in [7, 11) is 0. The first-order chi connectivity index (χ1) is 11.1. The molecule has 0 bridgehead atoms. The first-order valence-corrected chi connectivity index (χ1v) is 7.84. The Kier molecular flexibility index (Phi) is 6.14. The first-order valence-electron chi connectivity index (χ1n) is 7.84. The summed E-state index contributed by atoms with van der Waals surface area (Å²) < 4.78 is 9.99. The van der Waals surface area contributed by atoms with Crippen molar-refractivity contribution in [2.75, 3.05) is 18.5 Å². The number of carbonyl (C=O) groups excluding carboxylic acids is 3. The Bertz CT molecular complexity index is 563. The van der Waals surface area contributed by atoms with Gasteiger partial charge in [-0.15, -0.1) is 0 Å². The highest BCUT2D eigenvalue weighted by atomic mass is 16.5. The molecule has 0 spiro atoms. The fourth-order valence-corrected chi connectivity index (χ4v) is 1.85. The molecule has 1 saturated carbocycles. The third kappa shape index (κ3) is 5.73. The maximum atomic E-state index is 11.7. The Morgan fingerprint density at radius 3 is 2.43 bits per heavy atom. The highest BCUT2D eigenvalue weighted by molar-refractivity contribution is 5.94. The average Bonchev–Trinajstić information content (AvgIpc) is 3.38. The normalized spacial score (nSPS) is 13.3. The maximum absolute atomic E-state index is 11.7. The third-order valence-electron chi connectivity index (χ3n) is 3.39. The summed E-state index contributed by atoms with van der Waals surface area (Å²) in [6.45, 7) is 2.13. The fourth-order valence-electron chi connectivity index (χ4n) is 1.85. The van der Waals surface area contributed by atoms with Crippen molar-refractivity contribution in [2.45, 2.75) is 32.6 Å². The third-order valence-corrected chi connectivity index (χ3v) is 3.39. The number of hydrogen-bond donors (Lipinski definition) is 1. The van der Waals surface area contributed by atoms with Crippen LogP contribution in [0.25, 0.3) is 0 Å². The molecule has 1 aliphatic rings. The Hall–Kier alpha value is -2.37. The highest BCUT2D eigenvalue weighted by Gasteiger charge is 2.31. The maximum Gasteiger partial charge on any atom is 0.338 e. The van der Waals surface area contributed by atoms with Crippen LogP contribution in [0, 0.1) is 5.92 Å². The molecule has 1 fully saturated rings. The van der Waals surface area contributed by atoms with Gasteiger partial charge >= 0.3 is 11.9 Å². The summed E-state index contributed by atoms with van der Waals surface area (Å²) >= 11 is 0. The van der Waals surface area contributed by atoms with Crippen LogP contribution in [0.3, 0.4) is 0 Å². The van der Waals surface area contributed by atoms with Crippen molar-refractivity contribution in [3.05, 3.63) is 29.8 Å². The molecule has 1 aliphatic carbocycles. The van der Waals surface area contributed by atoms with Crippen LogP contribution in [0.15, 0.2) is 24.3 Å². The number of rotatable bonds is 8. The van der Waals surface area contributed by atoms with E-state index in [0.29, 0.717) is 17.9 Å². The minimum Gasteiger partial charge on any atom is -0.462 e. The molecule has 0 unspecified atom stereocenters. The zero-order chi connectivity index (χ0) is 16.7. The first kappa shape index (κ1) is 17.0. The average molecular weight is 319 g/mol. The summed E-state index contributed by atoms with van der Waals surface area (Å²) in [4.78, 5) is 34.7. The van der Waals surface area contributed by atoms with E-state index in [1.54, 1.807) is 24.3 Å². The molecule has 1 amide bonds. The molecule has 0 atom stereocenters. The van der Waals surface area contributed by atoms with Gasteiger partial charge in [-0.3, -0.25) is 9.59 Å². The van der Waals surface area contributed by atoms with Gasteiger partial charge in [0.2, 0.25) is 0 Å². The lowest BCUT2D eigenvalue weighted by atomic mass is 10.2. The van der Waals surface area contributed by atoms with Gasteiger partial charge in [0.1, 0.15) is 0 Å². The van der Waals surface area contributed by atoms with Gasteiger partial charge in [-0.25, -0.2) is 4.79 Å². The van der Waals surface area contributed by atoms with Crippen LogP contribution < -0.4 is 5.32 Å². The lowest BCUT2D eigenvalue weighted by Gasteiger charge is -2.07. The number of anilines is 1. The summed E-state index contributed by atoms with van der Waals surface area (Å²) in [5, 5.41) is 2.61. The van der Waals surface area contributed by atoms with E-state index in [0.717, 1.165) is 25.7 Å². The molecule has 2 rings (SSSR count). The molecular formula is C17H21NO5. The quantitative estimate of drug-likeness (QED) is 0.588. The number of amides is 1.